The maximum atomic E-state index is 12.1. The molecule has 3 heterocycles. The van der Waals surface area contributed by atoms with E-state index in [4.69, 9.17) is 4.74 Å². The van der Waals surface area contributed by atoms with Gasteiger partial charge in [-0.15, -0.1) is 0 Å². The SMILES string of the molecule is C=CC1=CN2CCc3c([nH]c4ccccc34)C2C[C@@H]1C(C=O)C(=O)OC. The molecule has 1 aromatic carbocycles. The van der Waals surface area contributed by atoms with Crippen molar-refractivity contribution in [1.29, 1.82) is 0 Å². The van der Waals surface area contributed by atoms with Gasteiger partial charge in [-0.2, -0.15) is 0 Å². The molecule has 2 unspecified atom stereocenters. The minimum atomic E-state index is -0.804. The molecular weight excluding hydrogens is 328 g/mol. The number of rotatable bonds is 4. The van der Waals surface area contributed by atoms with Gasteiger partial charge in [0.05, 0.1) is 13.2 Å². The highest BCUT2D eigenvalue weighted by molar-refractivity contribution is 5.89. The zero-order valence-electron chi connectivity index (χ0n) is 14.8. The maximum Gasteiger partial charge on any atom is 0.316 e. The Morgan fingerprint density at radius 1 is 1.42 bits per heavy atom. The molecule has 5 nitrogen and oxygen atoms in total. The molecule has 0 aliphatic carbocycles. The Morgan fingerprint density at radius 3 is 2.96 bits per heavy atom. The van der Waals surface area contributed by atoms with Gasteiger partial charge in [0.25, 0.3) is 0 Å². The molecule has 3 atom stereocenters. The molecule has 0 amide bonds. The molecule has 0 saturated carbocycles. The number of H-pyrrole nitrogens is 1. The highest BCUT2D eigenvalue weighted by Gasteiger charge is 2.40. The van der Waals surface area contributed by atoms with E-state index in [1.165, 1.54) is 23.8 Å². The topological polar surface area (TPSA) is 62.4 Å². The van der Waals surface area contributed by atoms with Crippen LogP contribution in [0.1, 0.15) is 23.7 Å². The lowest BCUT2D eigenvalue weighted by Crippen LogP contribution is -2.40. The summed E-state index contributed by atoms with van der Waals surface area (Å²) in [6.07, 6.45) is 6.16. The van der Waals surface area contributed by atoms with Crippen LogP contribution in [0.15, 0.2) is 48.7 Å². The Balaban J connectivity index is 1.77. The molecule has 2 aliphatic rings. The summed E-state index contributed by atoms with van der Waals surface area (Å²) in [7, 11) is 1.32. The molecule has 0 spiro atoms. The molecule has 2 aliphatic heterocycles. The Kier molecular flexibility index (Phi) is 4.15. The first kappa shape index (κ1) is 16.6. The van der Waals surface area contributed by atoms with Gasteiger partial charge in [-0.3, -0.25) is 4.79 Å². The molecule has 5 heteroatoms. The summed E-state index contributed by atoms with van der Waals surface area (Å²) >= 11 is 0. The van der Waals surface area contributed by atoms with Gasteiger partial charge in [-0.05, 0) is 30.0 Å². The summed E-state index contributed by atoms with van der Waals surface area (Å²) in [6.45, 7) is 4.79. The van der Waals surface area contributed by atoms with Crippen LogP contribution in [0.25, 0.3) is 10.9 Å². The van der Waals surface area contributed by atoms with Crippen LogP contribution in [-0.4, -0.2) is 35.8 Å². The summed E-state index contributed by atoms with van der Waals surface area (Å²) < 4.78 is 4.85. The van der Waals surface area contributed by atoms with E-state index in [1.807, 2.05) is 6.07 Å². The number of fused-ring (bicyclic) bond motifs is 5. The fraction of sp³-hybridized carbons (Fsp3) is 0.333. The van der Waals surface area contributed by atoms with E-state index in [-0.39, 0.29) is 12.0 Å². The lowest BCUT2D eigenvalue weighted by atomic mass is 9.77. The molecule has 134 valence electrons. The standard InChI is InChI=1S/C21H22N2O3/c1-3-13-11-23-9-8-15-14-6-4-5-7-18(14)22-20(15)19(23)10-16(13)17(12-24)21(25)26-2/h3-7,11-12,16-17,19,22H,1,8-10H2,2H3/t16-,17?,19?/m0/s1. The number of esters is 1. The average molecular weight is 350 g/mol. The fourth-order valence-electron chi connectivity index (χ4n) is 4.42. The molecule has 26 heavy (non-hydrogen) atoms. The molecule has 0 bridgehead atoms. The summed E-state index contributed by atoms with van der Waals surface area (Å²) in [4.78, 5) is 29.6. The minimum absolute atomic E-state index is 0.118. The van der Waals surface area contributed by atoms with Crippen LogP contribution in [0.3, 0.4) is 0 Å². The molecule has 1 N–H and O–H groups in total. The van der Waals surface area contributed by atoms with E-state index in [0.29, 0.717) is 12.7 Å². The number of para-hydroxylation sites is 1. The molecule has 2 aromatic rings. The van der Waals surface area contributed by atoms with E-state index >= 15 is 0 Å². The van der Waals surface area contributed by atoms with Crippen LogP contribution in [0.4, 0.5) is 0 Å². The summed E-state index contributed by atoms with van der Waals surface area (Å²) in [5, 5.41) is 1.26. The second kappa shape index (κ2) is 6.48. The van der Waals surface area contributed by atoms with Gasteiger partial charge in [0, 0.05) is 35.3 Å². The number of nitrogens with one attached hydrogen (secondary N) is 1. The van der Waals surface area contributed by atoms with Crippen molar-refractivity contribution in [3.63, 3.8) is 0 Å². The minimum Gasteiger partial charge on any atom is -0.468 e. The van der Waals surface area contributed by atoms with E-state index in [9.17, 15) is 9.59 Å². The Hall–Kier alpha value is -2.82. The number of aromatic nitrogens is 1. The number of aromatic amines is 1. The first-order valence-electron chi connectivity index (χ1n) is 8.90. The molecular formula is C21H22N2O3. The van der Waals surface area contributed by atoms with E-state index < -0.39 is 11.9 Å². The summed E-state index contributed by atoms with van der Waals surface area (Å²) in [5.74, 6) is -1.52. The summed E-state index contributed by atoms with van der Waals surface area (Å²) in [6, 6.07) is 8.44. The number of hydrogen-bond acceptors (Lipinski definition) is 4. The number of aldehydes is 1. The van der Waals surface area contributed by atoms with Gasteiger partial charge in [-0.1, -0.05) is 30.9 Å². The first-order valence-corrected chi connectivity index (χ1v) is 8.90. The highest BCUT2D eigenvalue weighted by atomic mass is 16.5. The molecule has 0 fully saturated rings. The normalized spacial score (nSPS) is 22.8. The van der Waals surface area contributed by atoms with Crippen molar-refractivity contribution in [2.75, 3.05) is 13.7 Å². The lowest BCUT2D eigenvalue weighted by Gasteiger charge is -2.42. The third kappa shape index (κ3) is 2.46. The largest absolute Gasteiger partial charge is 0.468 e. The van der Waals surface area contributed by atoms with Crippen molar-refractivity contribution < 1.29 is 14.3 Å². The van der Waals surface area contributed by atoms with Crippen LogP contribution in [-0.2, 0) is 20.7 Å². The first-order chi connectivity index (χ1) is 12.7. The van der Waals surface area contributed by atoms with E-state index in [0.717, 1.165) is 24.1 Å². The van der Waals surface area contributed by atoms with Crippen LogP contribution in [0.2, 0.25) is 0 Å². The average Bonchev–Trinajstić information content (AvgIpc) is 3.07. The number of ether oxygens (including phenoxy) is 1. The monoisotopic (exact) mass is 350 g/mol. The zero-order valence-corrected chi connectivity index (χ0v) is 14.8. The van der Waals surface area contributed by atoms with E-state index in [2.05, 4.69) is 40.9 Å². The van der Waals surface area contributed by atoms with Gasteiger partial charge < -0.3 is 19.4 Å². The molecule has 4 rings (SSSR count). The van der Waals surface area contributed by atoms with Crippen molar-refractivity contribution in [1.82, 2.24) is 9.88 Å². The van der Waals surface area contributed by atoms with Crippen LogP contribution < -0.4 is 0 Å². The maximum absolute atomic E-state index is 12.1. The third-order valence-electron chi connectivity index (χ3n) is 5.71. The van der Waals surface area contributed by atoms with Gasteiger partial charge in [0.2, 0.25) is 0 Å². The smallest absolute Gasteiger partial charge is 0.316 e. The Labute approximate surface area is 152 Å². The number of methoxy groups -OCH3 is 1. The molecule has 1 aromatic heterocycles. The predicted octanol–water partition coefficient (Wildman–Crippen LogP) is 3.15. The van der Waals surface area contributed by atoms with Crippen molar-refractivity contribution in [2.45, 2.75) is 18.9 Å². The number of nitrogens with zero attached hydrogens (tertiary/aromatic N) is 1. The number of allylic oxidation sites excluding steroid dienone is 2. The van der Waals surface area contributed by atoms with Gasteiger partial charge >= 0.3 is 5.97 Å². The van der Waals surface area contributed by atoms with Crippen LogP contribution in [0.5, 0.6) is 0 Å². The Bertz CT molecular complexity index is 911. The third-order valence-corrected chi connectivity index (χ3v) is 5.71. The van der Waals surface area contributed by atoms with Crippen molar-refractivity contribution in [3.8, 4) is 0 Å². The Morgan fingerprint density at radius 2 is 2.23 bits per heavy atom. The van der Waals surface area contributed by atoms with Crippen molar-refractivity contribution in [3.05, 3.63) is 60.0 Å². The molecule has 0 radical (unpaired) electrons. The quantitative estimate of drug-likeness (QED) is 0.523. The molecule has 0 saturated heterocycles. The van der Waals surface area contributed by atoms with E-state index in [1.54, 1.807) is 6.08 Å². The lowest BCUT2D eigenvalue weighted by molar-refractivity contribution is -0.148. The van der Waals surface area contributed by atoms with Gasteiger partial charge in [0.1, 0.15) is 12.2 Å². The number of carbonyl (C=O) groups is 2. The fourth-order valence-corrected chi connectivity index (χ4v) is 4.42. The van der Waals surface area contributed by atoms with Crippen molar-refractivity contribution in [2.24, 2.45) is 11.8 Å². The number of hydrogen-bond donors (Lipinski definition) is 1. The second-order valence-electron chi connectivity index (χ2n) is 6.93. The summed E-state index contributed by atoms with van der Waals surface area (Å²) in [5.41, 5.74) is 4.59. The van der Waals surface area contributed by atoms with Crippen molar-refractivity contribution >= 4 is 23.2 Å². The van der Waals surface area contributed by atoms with Gasteiger partial charge in [-0.25, -0.2) is 0 Å². The number of benzene rings is 1. The zero-order chi connectivity index (χ0) is 18.3. The number of carbonyl (C=O) groups excluding carboxylic acids is 2. The highest BCUT2D eigenvalue weighted by Crippen LogP contribution is 2.44. The van der Waals surface area contributed by atoms with Crippen LogP contribution in [0, 0.1) is 11.8 Å². The predicted molar refractivity (Wildman–Crippen MR) is 99.4 cm³/mol. The van der Waals surface area contributed by atoms with Gasteiger partial charge in [0.15, 0.2) is 0 Å². The van der Waals surface area contributed by atoms with Crippen LogP contribution >= 0.6 is 0 Å². The second-order valence-corrected chi connectivity index (χ2v) is 6.93.